The van der Waals surface area contributed by atoms with Crippen LogP contribution in [0.3, 0.4) is 0 Å². The molecule has 17 N–H and O–H groups in total. The van der Waals surface area contributed by atoms with E-state index in [4.69, 9.17) is 31.4 Å². The molecule has 30 nitrogen and oxygen atoms in total. The minimum atomic E-state index is -1.53. The molecular weight excluding hydrogens is 1180 g/mol. The highest BCUT2D eigenvalue weighted by molar-refractivity contribution is 5.99. The third-order valence-electron chi connectivity index (χ3n) is 13.7. The van der Waals surface area contributed by atoms with Crippen molar-refractivity contribution in [1.29, 1.82) is 0 Å². The van der Waals surface area contributed by atoms with E-state index in [1.54, 1.807) is 65.0 Å². The Kier molecular flexibility index (Phi) is 34.9. The van der Waals surface area contributed by atoms with Crippen LogP contribution in [-0.4, -0.2) is 190 Å². The van der Waals surface area contributed by atoms with Gasteiger partial charge < -0.3 is 89.7 Å². The number of hydrogen-bond donors (Lipinski definition) is 14. The number of amides is 10. The molecule has 504 valence electrons. The standard InChI is InChI=1S/C61H94N14O16/c1-38(2)51(59(87)88)75-54(82)42(62)17-9-11-26-66-48(77)25-31-89-33-34-90-32-30-68-53(81)41-23-21-40(22-24-41)52(80)67-28-14-20-47(76)65-27-12-10-18-44-56(84)72-43(19-13-29-69-60(63)64)55(83)70-37-49(78)71-46(36-50(79)91-61(3,4)5)58(86)74-45(57(85)73-44)35-39-15-7-6-8-16-39/h6-8,15-16,21-24,38,42-46,51H,9-14,17-20,25-37,62H2,1-5H3,(H,65,76)(H,66,77)(H,67,80)(H,68,81)(H,70,83)(H,71,78)(H,72,84)(H,73,85)(H,74,86)(H,75,82)(H,87,88)(H4,63,64,69)/t42-,43-,44-,45+,46-,51-/m0/s1. The first-order valence-electron chi connectivity index (χ1n) is 30.7. The van der Waals surface area contributed by atoms with Gasteiger partial charge in [-0.05, 0) is 114 Å². The van der Waals surface area contributed by atoms with Crippen molar-refractivity contribution in [3.05, 3.63) is 71.3 Å². The maximum atomic E-state index is 14.2. The summed E-state index contributed by atoms with van der Waals surface area (Å²) in [7, 11) is 0. The van der Waals surface area contributed by atoms with Crippen LogP contribution >= 0.6 is 0 Å². The van der Waals surface area contributed by atoms with E-state index in [9.17, 15) is 62.6 Å². The van der Waals surface area contributed by atoms with Crippen molar-refractivity contribution in [3.63, 3.8) is 0 Å². The molecule has 1 aliphatic rings. The van der Waals surface area contributed by atoms with E-state index in [2.05, 4.69) is 58.2 Å². The number of carbonyl (C=O) groups excluding carboxylic acids is 11. The molecule has 2 aromatic rings. The predicted molar refractivity (Wildman–Crippen MR) is 334 cm³/mol. The minimum absolute atomic E-state index is 0.0148. The molecule has 1 aliphatic heterocycles. The van der Waals surface area contributed by atoms with E-state index in [0.717, 1.165) is 0 Å². The van der Waals surface area contributed by atoms with Crippen LogP contribution in [0.5, 0.6) is 0 Å². The number of benzene rings is 2. The van der Waals surface area contributed by atoms with Crippen LogP contribution in [0.15, 0.2) is 59.6 Å². The second-order valence-electron chi connectivity index (χ2n) is 23.0. The minimum Gasteiger partial charge on any atom is -0.480 e. The molecule has 6 atom stereocenters. The van der Waals surface area contributed by atoms with Crippen molar-refractivity contribution in [2.75, 3.05) is 65.7 Å². The molecule has 1 saturated heterocycles. The molecule has 0 aromatic heterocycles. The fourth-order valence-corrected chi connectivity index (χ4v) is 8.86. The second kappa shape index (κ2) is 41.5. The van der Waals surface area contributed by atoms with Crippen LogP contribution < -0.4 is 70.4 Å². The third kappa shape index (κ3) is 32.5. The maximum absolute atomic E-state index is 14.2. The Bertz CT molecular complexity index is 2740. The van der Waals surface area contributed by atoms with Crippen molar-refractivity contribution in [3.8, 4) is 0 Å². The van der Waals surface area contributed by atoms with Crippen LogP contribution in [-0.2, 0) is 68.6 Å². The van der Waals surface area contributed by atoms with Crippen LogP contribution in [0.2, 0.25) is 0 Å². The monoisotopic (exact) mass is 1280 g/mol. The first-order chi connectivity index (χ1) is 43.2. The number of nitrogens with one attached hydrogen (secondary N) is 10. The molecule has 2 aromatic carbocycles. The molecule has 3 rings (SSSR count). The average molecular weight is 1280 g/mol. The topological polar surface area (TPSA) is 463 Å². The summed E-state index contributed by atoms with van der Waals surface area (Å²) in [6.07, 6.45) is 2.21. The summed E-state index contributed by atoms with van der Waals surface area (Å²) in [5.74, 6) is -8.28. The van der Waals surface area contributed by atoms with Crippen LogP contribution in [0.1, 0.15) is 138 Å². The van der Waals surface area contributed by atoms with Crippen molar-refractivity contribution in [2.24, 2.45) is 28.1 Å². The maximum Gasteiger partial charge on any atom is 0.326 e. The summed E-state index contributed by atoms with van der Waals surface area (Å²) in [4.78, 5) is 160. The Hall–Kier alpha value is -8.77. The summed E-state index contributed by atoms with van der Waals surface area (Å²) in [6, 6.07) is 7.47. The molecule has 10 amide bonds. The first-order valence-corrected chi connectivity index (χ1v) is 30.7. The van der Waals surface area contributed by atoms with Crippen molar-refractivity contribution in [1.82, 2.24) is 53.2 Å². The molecule has 1 heterocycles. The van der Waals surface area contributed by atoms with Gasteiger partial charge in [-0.15, -0.1) is 0 Å². The Labute approximate surface area is 530 Å². The number of carbonyl (C=O) groups is 12. The van der Waals surface area contributed by atoms with Crippen molar-refractivity contribution in [2.45, 2.75) is 160 Å². The number of aliphatic carboxylic acids is 1. The zero-order valence-electron chi connectivity index (χ0n) is 52.8. The van der Waals surface area contributed by atoms with Gasteiger partial charge in [-0.3, -0.25) is 57.7 Å². The van der Waals surface area contributed by atoms with Crippen LogP contribution in [0.4, 0.5) is 0 Å². The quantitative estimate of drug-likeness (QED) is 0.0160. The smallest absolute Gasteiger partial charge is 0.326 e. The number of nitrogens with two attached hydrogens (primary N) is 3. The van der Waals surface area contributed by atoms with E-state index in [0.29, 0.717) is 55.3 Å². The Morgan fingerprint density at radius 3 is 1.77 bits per heavy atom. The number of rotatable bonds is 37. The summed E-state index contributed by atoms with van der Waals surface area (Å²) >= 11 is 0. The number of carboxylic acid groups (broad SMARTS) is 1. The predicted octanol–water partition coefficient (Wildman–Crippen LogP) is -1.43. The molecule has 0 unspecified atom stereocenters. The fraction of sp³-hybridized carbons (Fsp3) is 0.590. The Morgan fingerprint density at radius 2 is 1.16 bits per heavy atom. The van der Waals surface area contributed by atoms with Gasteiger partial charge in [-0.1, -0.05) is 44.2 Å². The van der Waals surface area contributed by atoms with Gasteiger partial charge in [0.2, 0.25) is 47.3 Å². The lowest BCUT2D eigenvalue weighted by molar-refractivity contribution is -0.156. The van der Waals surface area contributed by atoms with Crippen LogP contribution in [0.25, 0.3) is 0 Å². The number of hydrogen-bond acceptors (Lipinski definition) is 17. The zero-order valence-corrected chi connectivity index (χ0v) is 52.8. The fourth-order valence-electron chi connectivity index (χ4n) is 8.86. The van der Waals surface area contributed by atoms with E-state index in [1.807, 2.05) is 0 Å². The highest BCUT2D eigenvalue weighted by Crippen LogP contribution is 2.13. The molecule has 91 heavy (non-hydrogen) atoms. The highest BCUT2D eigenvalue weighted by Gasteiger charge is 2.34. The van der Waals surface area contributed by atoms with Gasteiger partial charge in [0.15, 0.2) is 5.96 Å². The molecule has 0 spiro atoms. The normalized spacial score (nSPS) is 17.2. The third-order valence-corrected chi connectivity index (χ3v) is 13.7. The number of unbranched alkanes of at least 4 members (excludes halogenated alkanes) is 2. The number of ether oxygens (including phenoxy) is 3. The molecule has 0 aliphatic carbocycles. The number of nitrogens with zero attached hydrogens (tertiary/aromatic N) is 1. The van der Waals surface area contributed by atoms with Gasteiger partial charge in [-0.25, -0.2) is 4.79 Å². The zero-order chi connectivity index (χ0) is 67.3. The lowest BCUT2D eigenvalue weighted by Gasteiger charge is -2.26. The summed E-state index contributed by atoms with van der Waals surface area (Å²) in [5, 5.41) is 35.8. The largest absolute Gasteiger partial charge is 0.480 e. The number of carboxylic acids is 1. The number of guanidine groups is 1. The molecule has 0 bridgehead atoms. The molecule has 0 radical (unpaired) electrons. The van der Waals surface area contributed by atoms with E-state index in [1.165, 1.54) is 24.3 Å². The van der Waals surface area contributed by atoms with Crippen molar-refractivity contribution >= 4 is 77.0 Å². The van der Waals surface area contributed by atoms with Gasteiger partial charge in [-0.2, -0.15) is 0 Å². The summed E-state index contributed by atoms with van der Waals surface area (Å²) in [5.41, 5.74) is 17.2. The Balaban J connectivity index is 1.42. The highest BCUT2D eigenvalue weighted by atomic mass is 16.6. The van der Waals surface area contributed by atoms with Gasteiger partial charge in [0.1, 0.15) is 35.8 Å². The van der Waals surface area contributed by atoms with E-state index < -0.39 is 108 Å². The average Bonchev–Trinajstić information content (AvgIpc) is 2.06. The van der Waals surface area contributed by atoms with Gasteiger partial charge >= 0.3 is 11.9 Å². The first kappa shape index (κ1) is 76.5. The Morgan fingerprint density at radius 1 is 0.626 bits per heavy atom. The number of aliphatic imine (C=N–C) groups is 1. The van der Waals surface area contributed by atoms with E-state index >= 15 is 0 Å². The SMILES string of the molecule is CC(C)[C@H](NC(=O)[C@@H](N)CCCCNC(=O)CCOCCOCCNC(=O)c1ccc(C(=O)NCCCC(=O)NCCCC[C@@H]2NC(=O)[C@@H](Cc3ccccc3)NC(=O)[C@H](CC(=O)OC(C)(C)C)NC(=O)CNC(=O)[C@H](CCCN=C(N)N)NC2=O)cc1)C(=O)O. The number of esters is 1. The lowest BCUT2D eigenvalue weighted by Crippen LogP contribution is -2.58. The molecular formula is C61H94N14O16. The van der Waals surface area contributed by atoms with Gasteiger partial charge in [0.25, 0.3) is 11.8 Å². The molecule has 1 fully saturated rings. The summed E-state index contributed by atoms with van der Waals surface area (Å²) in [6.45, 7) is 9.49. The lowest BCUT2D eigenvalue weighted by atomic mass is 10.0. The summed E-state index contributed by atoms with van der Waals surface area (Å²) < 4.78 is 16.4. The van der Waals surface area contributed by atoms with Crippen LogP contribution in [0, 0.1) is 5.92 Å². The van der Waals surface area contributed by atoms with E-state index in [-0.39, 0.29) is 127 Å². The molecule has 0 saturated carbocycles. The van der Waals surface area contributed by atoms with Crippen molar-refractivity contribution < 1.29 is 76.9 Å². The van der Waals surface area contributed by atoms with Gasteiger partial charge in [0, 0.05) is 63.1 Å². The van der Waals surface area contributed by atoms with Gasteiger partial charge in [0.05, 0.1) is 45.4 Å². The second-order valence-corrected chi connectivity index (χ2v) is 23.0. The molecule has 30 heteroatoms.